The van der Waals surface area contributed by atoms with Gasteiger partial charge in [0.15, 0.2) is 0 Å². The molecule has 1 amide bonds. The van der Waals surface area contributed by atoms with Gasteiger partial charge in [0.05, 0.1) is 12.7 Å². The molecule has 31 heavy (non-hydrogen) atoms. The number of hydrogen-bond acceptors (Lipinski definition) is 4. The standard InChI is InChI=1S/C26H33N3O2/c1-31-23-11-10-21(18-27-23)25(30)28-16-12-22(13-17-28)29-19-26(14-6-3-7-15-26)24(29)20-8-4-2-5-9-20/h2,4-5,8-11,18,22,24H,3,6-7,12-17,19H2,1H3. The van der Waals surface area contributed by atoms with Crippen molar-refractivity contribution < 1.29 is 9.53 Å². The highest BCUT2D eigenvalue weighted by Gasteiger charge is 2.54. The summed E-state index contributed by atoms with van der Waals surface area (Å²) in [5.41, 5.74) is 2.60. The number of rotatable bonds is 4. The summed E-state index contributed by atoms with van der Waals surface area (Å²) in [7, 11) is 1.59. The van der Waals surface area contributed by atoms with Crippen molar-refractivity contribution in [3.63, 3.8) is 0 Å². The molecule has 2 aromatic rings. The molecular weight excluding hydrogens is 386 g/mol. The molecule has 1 atom stereocenters. The van der Waals surface area contributed by atoms with E-state index >= 15 is 0 Å². The van der Waals surface area contributed by atoms with Gasteiger partial charge in [-0.05, 0) is 37.3 Å². The van der Waals surface area contributed by atoms with Gasteiger partial charge in [0.2, 0.25) is 5.88 Å². The summed E-state index contributed by atoms with van der Waals surface area (Å²) in [6, 6.07) is 15.8. The fraction of sp³-hybridized carbons (Fsp3) is 0.538. The summed E-state index contributed by atoms with van der Waals surface area (Å²) >= 11 is 0. The first-order valence-electron chi connectivity index (χ1n) is 11.8. The maximum absolute atomic E-state index is 12.9. The molecular formula is C26H33N3O2. The second-order valence-electron chi connectivity index (χ2n) is 9.52. The van der Waals surface area contributed by atoms with Gasteiger partial charge >= 0.3 is 0 Å². The Morgan fingerprint density at radius 3 is 2.42 bits per heavy atom. The molecule has 2 aliphatic heterocycles. The highest BCUT2D eigenvalue weighted by Crippen LogP contribution is 2.58. The molecule has 164 valence electrons. The van der Waals surface area contributed by atoms with Crippen molar-refractivity contribution in [2.45, 2.75) is 57.0 Å². The fourth-order valence-corrected chi connectivity index (χ4v) is 6.20. The third kappa shape index (κ3) is 3.84. The van der Waals surface area contributed by atoms with Crippen molar-refractivity contribution >= 4 is 5.91 Å². The maximum Gasteiger partial charge on any atom is 0.255 e. The molecule has 2 saturated heterocycles. The van der Waals surface area contributed by atoms with Crippen molar-refractivity contribution in [3.05, 3.63) is 59.8 Å². The van der Waals surface area contributed by atoms with E-state index in [0.29, 0.717) is 28.9 Å². The van der Waals surface area contributed by atoms with E-state index in [0.717, 1.165) is 25.9 Å². The van der Waals surface area contributed by atoms with E-state index in [1.165, 1.54) is 44.2 Å². The Morgan fingerprint density at radius 1 is 1.03 bits per heavy atom. The molecule has 1 aromatic carbocycles. The third-order valence-corrected chi connectivity index (χ3v) is 7.79. The maximum atomic E-state index is 12.9. The number of methoxy groups -OCH3 is 1. The van der Waals surface area contributed by atoms with Gasteiger partial charge < -0.3 is 9.64 Å². The van der Waals surface area contributed by atoms with Crippen LogP contribution in [0.3, 0.4) is 0 Å². The summed E-state index contributed by atoms with van der Waals surface area (Å²) in [6.07, 6.45) is 10.6. The number of aromatic nitrogens is 1. The average Bonchev–Trinajstić information content (AvgIpc) is 2.84. The third-order valence-electron chi connectivity index (χ3n) is 7.79. The van der Waals surface area contributed by atoms with Crippen LogP contribution in [0.1, 0.15) is 66.9 Å². The molecule has 0 radical (unpaired) electrons. The second kappa shape index (κ2) is 8.62. The minimum Gasteiger partial charge on any atom is -0.481 e. The first kappa shape index (κ1) is 20.5. The Balaban J connectivity index is 1.26. The fourth-order valence-electron chi connectivity index (χ4n) is 6.20. The number of ether oxygens (including phenoxy) is 1. The summed E-state index contributed by atoms with van der Waals surface area (Å²) in [4.78, 5) is 21.9. The van der Waals surface area contributed by atoms with Crippen molar-refractivity contribution in [3.8, 4) is 5.88 Å². The second-order valence-corrected chi connectivity index (χ2v) is 9.52. The van der Waals surface area contributed by atoms with Gasteiger partial charge in [-0.2, -0.15) is 0 Å². The number of likely N-dealkylation sites (tertiary alicyclic amines) is 2. The number of amides is 1. The molecule has 1 aliphatic carbocycles. The van der Waals surface area contributed by atoms with E-state index in [4.69, 9.17) is 4.74 Å². The van der Waals surface area contributed by atoms with Crippen molar-refractivity contribution in [1.82, 2.24) is 14.8 Å². The largest absolute Gasteiger partial charge is 0.481 e. The first-order valence-corrected chi connectivity index (χ1v) is 11.8. The average molecular weight is 420 g/mol. The topological polar surface area (TPSA) is 45.7 Å². The van der Waals surface area contributed by atoms with Crippen molar-refractivity contribution in [2.75, 3.05) is 26.7 Å². The van der Waals surface area contributed by atoms with Crippen molar-refractivity contribution in [1.29, 1.82) is 0 Å². The number of piperidine rings is 1. The Kier molecular flexibility index (Phi) is 5.70. The zero-order chi connectivity index (χ0) is 21.3. The minimum atomic E-state index is 0.0839. The first-order chi connectivity index (χ1) is 15.2. The molecule has 1 spiro atoms. The predicted molar refractivity (Wildman–Crippen MR) is 121 cm³/mol. The summed E-state index contributed by atoms with van der Waals surface area (Å²) in [5.74, 6) is 0.622. The monoisotopic (exact) mass is 419 g/mol. The Labute approximate surface area is 185 Å². The zero-order valence-corrected chi connectivity index (χ0v) is 18.5. The van der Waals surface area contributed by atoms with Crippen LogP contribution in [-0.4, -0.2) is 53.5 Å². The van der Waals surface area contributed by atoms with E-state index < -0.39 is 0 Å². The van der Waals surface area contributed by atoms with E-state index in [1.807, 2.05) is 11.0 Å². The van der Waals surface area contributed by atoms with Crippen LogP contribution in [0.5, 0.6) is 5.88 Å². The number of pyridine rings is 1. The van der Waals surface area contributed by atoms with E-state index in [2.05, 4.69) is 40.2 Å². The van der Waals surface area contributed by atoms with Crippen LogP contribution in [0, 0.1) is 5.41 Å². The summed E-state index contributed by atoms with van der Waals surface area (Å²) in [5, 5.41) is 0. The number of benzene rings is 1. The highest BCUT2D eigenvalue weighted by molar-refractivity contribution is 5.94. The van der Waals surface area contributed by atoms with Crippen molar-refractivity contribution in [2.24, 2.45) is 5.41 Å². The van der Waals surface area contributed by atoms with E-state index in [-0.39, 0.29) is 5.91 Å². The van der Waals surface area contributed by atoms with Crippen LogP contribution >= 0.6 is 0 Å². The van der Waals surface area contributed by atoms with Crippen LogP contribution in [-0.2, 0) is 0 Å². The molecule has 1 unspecified atom stereocenters. The summed E-state index contributed by atoms with van der Waals surface area (Å²) < 4.78 is 5.11. The van der Waals surface area contributed by atoms with Gasteiger partial charge in [-0.25, -0.2) is 4.98 Å². The quantitative estimate of drug-likeness (QED) is 0.720. The molecule has 3 fully saturated rings. The van der Waals surface area contributed by atoms with E-state index in [1.54, 1.807) is 19.4 Å². The zero-order valence-electron chi connectivity index (χ0n) is 18.5. The molecule has 5 nitrogen and oxygen atoms in total. The molecule has 0 N–H and O–H groups in total. The molecule has 1 saturated carbocycles. The van der Waals surface area contributed by atoms with Crippen LogP contribution in [0.2, 0.25) is 0 Å². The molecule has 3 heterocycles. The SMILES string of the molecule is COc1ccc(C(=O)N2CCC(N3CC4(CCCCC4)C3c3ccccc3)CC2)cn1. The number of carbonyl (C=O) groups excluding carboxylic acids is 1. The van der Waals surface area contributed by atoms with E-state index in [9.17, 15) is 4.79 Å². The highest BCUT2D eigenvalue weighted by atomic mass is 16.5. The van der Waals surface area contributed by atoms with Crippen LogP contribution in [0.25, 0.3) is 0 Å². The van der Waals surface area contributed by atoms with Gasteiger partial charge in [-0.1, -0.05) is 49.6 Å². The Morgan fingerprint density at radius 2 is 1.77 bits per heavy atom. The minimum absolute atomic E-state index is 0.0839. The molecule has 1 aromatic heterocycles. The lowest BCUT2D eigenvalue weighted by molar-refractivity contribution is -0.132. The number of nitrogens with zero attached hydrogens (tertiary/aromatic N) is 3. The normalized spacial score (nSPS) is 24.0. The van der Waals surface area contributed by atoms with Gasteiger partial charge in [-0.15, -0.1) is 0 Å². The van der Waals surface area contributed by atoms with Gasteiger partial charge in [0, 0.05) is 49.4 Å². The Hall–Kier alpha value is -2.40. The van der Waals surface area contributed by atoms with Crippen LogP contribution in [0.4, 0.5) is 0 Å². The number of carbonyl (C=O) groups is 1. The molecule has 5 rings (SSSR count). The smallest absolute Gasteiger partial charge is 0.255 e. The van der Waals surface area contributed by atoms with Gasteiger partial charge in [0.1, 0.15) is 0 Å². The molecule has 3 aliphatic rings. The summed E-state index contributed by atoms with van der Waals surface area (Å²) in [6.45, 7) is 2.87. The van der Waals surface area contributed by atoms with Crippen LogP contribution < -0.4 is 4.74 Å². The lowest BCUT2D eigenvalue weighted by atomic mass is 9.60. The van der Waals surface area contributed by atoms with Gasteiger partial charge in [0.25, 0.3) is 5.91 Å². The molecule has 0 bridgehead atoms. The van der Waals surface area contributed by atoms with Gasteiger partial charge in [-0.3, -0.25) is 9.69 Å². The van der Waals surface area contributed by atoms with Crippen LogP contribution in [0.15, 0.2) is 48.7 Å². The molecule has 5 heteroatoms. The lowest BCUT2D eigenvalue weighted by Gasteiger charge is -2.63. The number of hydrogen-bond donors (Lipinski definition) is 0. The Bertz CT molecular complexity index is 885. The lowest BCUT2D eigenvalue weighted by Crippen LogP contribution is -2.63. The predicted octanol–water partition coefficient (Wildman–Crippen LogP) is 4.70.